The van der Waals surface area contributed by atoms with Gasteiger partial charge in [-0.15, -0.1) is 0 Å². The van der Waals surface area contributed by atoms with Crippen LogP contribution in [0.25, 0.3) is 0 Å². The topological polar surface area (TPSA) is 127 Å². The lowest BCUT2D eigenvalue weighted by molar-refractivity contribution is -0.139. The Morgan fingerprint density at radius 2 is 1.89 bits per heavy atom. The molecule has 1 aliphatic heterocycles. The number of amides is 3. The number of nitrogens with one attached hydrogen (secondary N) is 3. The quantitative estimate of drug-likeness (QED) is 0.244. The molecule has 0 aliphatic carbocycles. The van der Waals surface area contributed by atoms with Gasteiger partial charge < -0.3 is 24.8 Å². The van der Waals surface area contributed by atoms with Gasteiger partial charge in [-0.1, -0.05) is 12.1 Å². The van der Waals surface area contributed by atoms with E-state index in [4.69, 9.17) is 14.2 Å². The summed E-state index contributed by atoms with van der Waals surface area (Å²) >= 11 is 0. The predicted octanol–water partition coefficient (Wildman–Crippen LogP) is 2.87. The summed E-state index contributed by atoms with van der Waals surface area (Å²) in [6.07, 6.45) is -1.72. The Morgan fingerprint density at radius 3 is 2.61 bits per heavy atom. The van der Waals surface area contributed by atoms with Crippen LogP contribution < -0.4 is 25.5 Å². The summed E-state index contributed by atoms with van der Waals surface area (Å²) in [6.45, 7) is 2.28. The van der Waals surface area contributed by atoms with Gasteiger partial charge in [-0.25, -0.2) is 5.43 Å². The van der Waals surface area contributed by atoms with Crippen molar-refractivity contribution in [2.24, 2.45) is 5.10 Å². The Labute approximate surface area is 216 Å². The van der Waals surface area contributed by atoms with Crippen molar-refractivity contribution in [2.75, 3.05) is 31.7 Å². The van der Waals surface area contributed by atoms with Gasteiger partial charge in [0, 0.05) is 13.2 Å². The normalized spacial score (nSPS) is 15.2. The third-order valence-corrected chi connectivity index (χ3v) is 5.23. The van der Waals surface area contributed by atoms with Gasteiger partial charge in [0.05, 0.1) is 30.2 Å². The van der Waals surface area contributed by atoms with E-state index in [1.807, 2.05) is 0 Å². The molecule has 1 atom stereocenters. The standard InChI is InChI=1S/C25H27F3N4O6/c1-2-36-21-12-16(13-30-32-24(35)23(34)29-14-17-6-5-11-37-17)9-10-20(21)38-15-22(33)31-19-8-4-3-7-18(19)25(26,27)28/h3-4,7-10,12-13,17H,2,5-6,11,14-15H2,1H3,(H,29,34)(H,31,33)(H,32,35)/b30-13-/t17-/m0/s1. The largest absolute Gasteiger partial charge is 0.490 e. The van der Waals surface area contributed by atoms with Gasteiger partial charge in [-0.05, 0) is 55.7 Å². The summed E-state index contributed by atoms with van der Waals surface area (Å²) < 4.78 is 55.7. The summed E-state index contributed by atoms with van der Waals surface area (Å²) in [6, 6.07) is 9.14. The monoisotopic (exact) mass is 536 g/mol. The number of halogens is 3. The van der Waals surface area contributed by atoms with Crippen molar-refractivity contribution in [3.05, 3.63) is 53.6 Å². The molecule has 0 saturated carbocycles. The SMILES string of the molecule is CCOc1cc(/C=N\NC(=O)C(=O)NC[C@@H]2CCCO2)ccc1OCC(=O)Nc1ccccc1C(F)(F)F. The summed E-state index contributed by atoms with van der Waals surface area (Å²) in [4.78, 5) is 36.0. The van der Waals surface area contributed by atoms with Crippen LogP contribution in [0.3, 0.4) is 0 Å². The van der Waals surface area contributed by atoms with Crippen LogP contribution >= 0.6 is 0 Å². The highest BCUT2D eigenvalue weighted by molar-refractivity contribution is 6.35. The number of hydrazone groups is 1. The molecule has 1 heterocycles. The van der Waals surface area contributed by atoms with Gasteiger partial charge in [0.25, 0.3) is 5.91 Å². The molecule has 2 aromatic rings. The lowest BCUT2D eigenvalue weighted by Gasteiger charge is -2.15. The third kappa shape index (κ3) is 8.47. The number of benzene rings is 2. The average Bonchev–Trinajstić information content (AvgIpc) is 3.40. The smallest absolute Gasteiger partial charge is 0.418 e. The number of nitrogens with zero attached hydrogens (tertiary/aromatic N) is 1. The molecule has 1 aliphatic rings. The minimum absolute atomic E-state index is 0.102. The molecule has 3 N–H and O–H groups in total. The predicted molar refractivity (Wildman–Crippen MR) is 131 cm³/mol. The first-order chi connectivity index (χ1) is 18.2. The Kier molecular flexibility index (Phi) is 10.0. The number of hydrogen-bond donors (Lipinski definition) is 3. The van der Waals surface area contributed by atoms with Crippen molar-refractivity contribution in [3.8, 4) is 11.5 Å². The molecule has 13 heteroatoms. The van der Waals surface area contributed by atoms with E-state index in [1.54, 1.807) is 13.0 Å². The minimum atomic E-state index is -4.63. The Balaban J connectivity index is 1.54. The van der Waals surface area contributed by atoms with Crippen LogP contribution in [0.4, 0.5) is 18.9 Å². The summed E-state index contributed by atoms with van der Waals surface area (Å²) in [5.74, 6) is -2.17. The van der Waals surface area contributed by atoms with Gasteiger partial charge in [-0.3, -0.25) is 14.4 Å². The molecule has 0 unspecified atom stereocenters. The molecule has 1 fully saturated rings. The molecule has 10 nitrogen and oxygen atoms in total. The molecule has 0 spiro atoms. The molecule has 38 heavy (non-hydrogen) atoms. The fraction of sp³-hybridized carbons (Fsp3) is 0.360. The molecular formula is C25H27F3N4O6. The Bertz CT molecular complexity index is 1170. The van der Waals surface area contributed by atoms with E-state index >= 15 is 0 Å². The van der Waals surface area contributed by atoms with Crippen molar-refractivity contribution in [3.63, 3.8) is 0 Å². The Hall–Kier alpha value is -4.13. The van der Waals surface area contributed by atoms with E-state index in [9.17, 15) is 27.6 Å². The van der Waals surface area contributed by atoms with Crippen molar-refractivity contribution in [1.29, 1.82) is 0 Å². The first-order valence-corrected chi connectivity index (χ1v) is 11.8. The zero-order valence-corrected chi connectivity index (χ0v) is 20.5. The summed E-state index contributed by atoms with van der Waals surface area (Å²) in [5, 5.41) is 8.43. The number of carbonyl (C=O) groups excluding carboxylic acids is 3. The second-order valence-corrected chi connectivity index (χ2v) is 8.06. The molecule has 0 radical (unpaired) electrons. The highest BCUT2D eigenvalue weighted by Crippen LogP contribution is 2.34. The highest BCUT2D eigenvalue weighted by atomic mass is 19.4. The second-order valence-electron chi connectivity index (χ2n) is 8.06. The van der Waals surface area contributed by atoms with Crippen LogP contribution in [0.15, 0.2) is 47.6 Å². The van der Waals surface area contributed by atoms with Crippen LogP contribution in [0.5, 0.6) is 11.5 Å². The number of anilines is 1. The molecule has 1 saturated heterocycles. The number of hydrogen-bond acceptors (Lipinski definition) is 7. The molecular weight excluding hydrogens is 509 g/mol. The van der Waals surface area contributed by atoms with E-state index in [-0.39, 0.29) is 36.4 Å². The van der Waals surface area contributed by atoms with Crippen molar-refractivity contribution in [1.82, 2.24) is 10.7 Å². The van der Waals surface area contributed by atoms with Crippen LogP contribution in [-0.2, 0) is 25.3 Å². The lowest BCUT2D eigenvalue weighted by Crippen LogP contribution is -2.41. The number of para-hydroxylation sites is 1. The van der Waals surface area contributed by atoms with E-state index in [1.165, 1.54) is 30.5 Å². The van der Waals surface area contributed by atoms with Crippen LogP contribution in [-0.4, -0.2) is 56.4 Å². The second kappa shape index (κ2) is 13.4. The number of carbonyl (C=O) groups is 3. The van der Waals surface area contributed by atoms with Gasteiger partial charge >= 0.3 is 18.0 Å². The van der Waals surface area contributed by atoms with E-state index in [0.29, 0.717) is 12.2 Å². The molecule has 2 aromatic carbocycles. The van der Waals surface area contributed by atoms with E-state index in [2.05, 4.69) is 21.2 Å². The maximum atomic E-state index is 13.1. The average molecular weight is 537 g/mol. The zero-order valence-electron chi connectivity index (χ0n) is 20.5. The van der Waals surface area contributed by atoms with Crippen molar-refractivity contribution < 1.29 is 41.8 Å². The Morgan fingerprint density at radius 1 is 1.11 bits per heavy atom. The molecule has 204 valence electrons. The summed E-state index contributed by atoms with van der Waals surface area (Å²) in [7, 11) is 0. The maximum Gasteiger partial charge on any atom is 0.418 e. The van der Waals surface area contributed by atoms with Crippen LogP contribution in [0.2, 0.25) is 0 Å². The van der Waals surface area contributed by atoms with Crippen LogP contribution in [0, 0.1) is 0 Å². The fourth-order valence-electron chi connectivity index (χ4n) is 3.47. The number of rotatable bonds is 10. The van der Waals surface area contributed by atoms with Gasteiger partial charge in [0.15, 0.2) is 18.1 Å². The van der Waals surface area contributed by atoms with Gasteiger partial charge in [0.2, 0.25) is 0 Å². The van der Waals surface area contributed by atoms with Gasteiger partial charge in [-0.2, -0.15) is 18.3 Å². The molecule has 0 aromatic heterocycles. The zero-order chi connectivity index (χ0) is 27.5. The maximum absolute atomic E-state index is 13.1. The van der Waals surface area contributed by atoms with Crippen LogP contribution in [0.1, 0.15) is 30.9 Å². The van der Waals surface area contributed by atoms with Crippen molar-refractivity contribution in [2.45, 2.75) is 32.0 Å². The molecule has 0 bridgehead atoms. The minimum Gasteiger partial charge on any atom is -0.490 e. The number of alkyl halides is 3. The number of ether oxygens (including phenoxy) is 3. The van der Waals surface area contributed by atoms with Crippen molar-refractivity contribution >= 4 is 29.6 Å². The van der Waals surface area contributed by atoms with E-state index in [0.717, 1.165) is 25.0 Å². The molecule has 3 rings (SSSR count). The first-order valence-electron chi connectivity index (χ1n) is 11.8. The highest BCUT2D eigenvalue weighted by Gasteiger charge is 2.33. The third-order valence-electron chi connectivity index (χ3n) is 5.23. The van der Waals surface area contributed by atoms with Gasteiger partial charge in [0.1, 0.15) is 0 Å². The summed E-state index contributed by atoms with van der Waals surface area (Å²) in [5.41, 5.74) is 1.25. The van der Waals surface area contributed by atoms with E-state index < -0.39 is 36.1 Å². The first kappa shape index (κ1) is 28.4. The lowest BCUT2D eigenvalue weighted by atomic mass is 10.1. The molecule has 3 amide bonds. The fourth-order valence-corrected chi connectivity index (χ4v) is 3.47.